The topological polar surface area (TPSA) is 29.1 Å². The molecule has 0 heterocycles. The summed E-state index contributed by atoms with van der Waals surface area (Å²) in [6.07, 6.45) is 11.5. The van der Waals surface area contributed by atoms with Crippen LogP contribution < -0.4 is 5.32 Å². The van der Waals surface area contributed by atoms with E-state index in [4.69, 9.17) is 0 Å². The largest absolute Gasteiger partial charge is 0.347 e. The lowest BCUT2D eigenvalue weighted by Crippen LogP contribution is -2.59. The van der Waals surface area contributed by atoms with Gasteiger partial charge >= 0.3 is 0 Å². The lowest BCUT2D eigenvalue weighted by molar-refractivity contribution is -0.122. The molecule has 4 fully saturated rings. The molecule has 5 rings (SSSR count). The molecule has 0 aliphatic heterocycles. The van der Waals surface area contributed by atoms with Crippen LogP contribution in [0.15, 0.2) is 30.3 Å². The van der Waals surface area contributed by atoms with Crippen molar-refractivity contribution in [2.75, 3.05) is 0 Å². The summed E-state index contributed by atoms with van der Waals surface area (Å²) < 4.78 is 0. The van der Waals surface area contributed by atoms with Gasteiger partial charge in [0.05, 0.1) is 0 Å². The average Bonchev–Trinajstić information content (AvgIpc) is 2.50. The van der Waals surface area contributed by atoms with Crippen LogP contribution in [0.2, 0.25) is 0 Å². The summed E-state index contributed by atoms with van der Waals surface area (Å²) in [5, 5.41) is 3.40. The molecule has 4 saturated carbocycles. The van der Waals surface area contributed by atoms with Crippen LogP contribution in [0.5, 0.6) is 0 Å². The number of hydrogen-bond acceptors (Lipinski definition) is 1. The highest BCUT2D eigenvalue weighted by Gasteiger charge is 2.51. The quantitative estimate of drug-likeness (QED) is 0.766. The van der Waals surface area contributed by atoms with E-state index in [1.165, 1.54) is 44.1 Å². The highest BCUT2D eigenvalue weighted by molar-refractivity contribution is 5.92. The van der Waals surface area contributed by atoms with Gasteiger partial charge in [-0.1, -0.05) is 45.0 Å². The predicted molar refractivity (Wildman–Crippen MR) is 103 cm³/mol. The highest BCUT2D eigenvalue weighted by atomic mass is 16.1. The van der Waals surface area contributed by atoms with Gasteiger partial charge in [0.2, 0.25) is 5.91 Å². The molecule has 0 aromatic heterocycles. The van der Waals surface area contributed by atoms with Crippen molar-refractivity contribution in [3.8, 4) is 0 Å². The average molecular weight is 338 g/mol. The molecule has 25 heavy (non-hydrogen) atoms. The van der Waals surface area contributed by atoms with E-state index < -0.39 is 0 Å². The third-order valence-electron chi connectivity index (χ3n) is 6.63. The third kappa shape index (κ3) is 3.54. The second-order valence-corrected chi connectivity index (χ2v) is 9.89. The molecule has 4 aliphatic rings. The van der Waals surface area contributed by atoms with Gasteiger partial charge in [-0.25, -0.2) is 0 Å². The summed E-state index contributed by atoms with van der Waals surface area (Å²) in [7, 11) is 0. The molecule has 0 unspecified atom stereocenters. The Morgan fingerprint density at radius 3 is 2.00 bits per heavy atom. The zero-order chi connectivity index (χ0) is 17.7. The number of amides is 1. The third-order valence-corrected chi connectivity index (χ3v) is 6.63. The van der Waals surface area contributed by atoms with Crippen molar-refractivity contribution in [3.63, 3.8) is 0 Å². The first-order chi connectivity index (χ1) is 11.8. The van der Waals surface area contributed by atoms with E-state index in [-0.39, 0.29) is 16.9 Å². The van der Waals surface area contributed by atoms with E-state index in [9.17, 15) is 4.79 Å². The molecule has 0 radical (unpaired) electrons. The van der Waals surface area contributed by atoms with Gasteiger partial charge in [-0.2, -0.15) is 0 Å². The molecule has 1 aromatic rings. The fourth-order valence-electron chi connectivity index (χ4n) is 5.83. The first-order valence-electron chi connectivity index (χ1n) is 9.92. The molecule has 134 valence electrons. The van der Waals surface area contributed by atoms with Crippen LogP contribution in [0.1, 0.15) is 70.4 Å². The second kappa shape index (κ2) is 6.00. The van der Waals surface area contributed by atoms with Crippen molar-refractivity contribution in [2.24, 2.45) is 17.8 Å². The molecule has 1 amide bonds. The maximum atomic E-state index is 12.5. The number of carbonyl (C=O) groups excluding carboxylic acids is 1. The van der Waals surface area contributed by atoms with Crippen LogP contribution in [-0.4, -0.2) is 11.4 Å². The van der Waals surface area contributed by atoms with E-state index in [2.05, 4.69) is 50.4 Å². The second-order valence-electron chi connectivity index (χ2n) is 9.89. The molecule has 1 aromatic carbocycles. The minimum atomic E-state index is 0.0850. The number of hydrogen-bond donors (Lipinski definition) is 1. The number of carbonyl (C=O) groups is 1. The van der Waals surface area contributed by atoms with E-state index in [1.807, 2.05) is 6.08 Å². The zero-order valence-corrected chi connectivity index (χ0v) is 15.8. The molecule has 2 heteroatoms. The summed E-state index contributed by atoms with van der Waals surface area (Å²) in [6.45, 7) is 6.66. The standard InChI is InChI=1S/C23H31NO/c1-22(2,3)20-7-4-16(5-8-20)6-9-21(25)24-23-13-17-10-18(14-23)12-19(11-17)15-23/h4-9,17-19H,10-15H2,1-3H3,(H,24,25). The number of nitrogens with one attached hydrogen (secondary N) is 1. The maximum absolute atomic E-state index is 12.5. The van der Waals surface area contributed by atoms with Crippen LogP contribution in [0.4, 0.5) is 0 Å². The molecule has 0 spiro atoms. The molecule has 1 N–H and O–H groups in total. The summed E-state index contributed by atoms with van der Waals surface area (Å²) in [5.41, 5.74) is 2.68. The van der Waals surface area contributed by atoms with Crippen molar-refractivity contribution in [1.82, 2.24) is 5.32 Å². The molecular weight excluding hydrogens is 306 g/mol. The van der Waals surface area contributed by atoms with Gasteiger partial charge in [0.15, 0.2) is 0 Å². The minimum absolute atomic E-state index is 0.0850. The summed E-state index contributed by atoms with van der Waals surface area (Å²) in [5.74, 6) is 2.67. The van der Waals surface area contributed by atoms with Crippen LogP contribution >= 0.6 is 0 Å². The normalized spacial score (nSPS) is 33.8. The van der Waals surface area contributed by atoms with Crippen molar-refractivity contribution in [1.29, 1.82) is 0 Å². The van der Waals surface area contributed by atoms with Crippen molar-refractivity contribution >= 4 is 12.0 Å². The van der Waals surface area contributed by atoms with Gasteiger partial charge in [0.25, 0.3) is 0 Å². The Balaban J connectivity index is 1.40. The summed E-state index contributed by atoms with van der Waals surface area (Å²) in [4.78, 5) is 12.5. The Hall–Kier alpha value is -1.57. The van der Waals surface area contributed by atoms with Gasteiger partial charge < -0.3 is 5.32 Å². The van der Waals surface area contributed by atoms with Gasteiger partial charge in [-0.3, -0.25) is 4.79 Å². The first-order valence-corrected chi connectivity index (χ1v) is 9.92. The Morgan fingerprint density at radius 1 is 1.00 bits per heavy atom. The predicted octanol–water partition coefficient (Wildman–Crippen LogP) is 5.08. The lowest BCUT2D eigenvalue weighted by Gasteiger charge is -2.56. The van der Waals surface area contributed by atoms with Crippen molar-refractivity contribution < 1.29 is 4.79 Å². The van der Waals surface area contributed by atoms with E-state index >= 15 is 0 Å². The van der Waals surface area contributed by atoms with Gasteiger partial charge in [-0.05, 0) is 78.9 Å². The van der Waals surface area contributed by atoms with Gasteiger partial charge in [0, 0.05) is 11.6 Å². The van der Waals surface area contributed by atoms with Gasteiger partial charge in [0.1, 0.15) is 0 Å². The van der Waals surface area contributed by atoms with Crippen LogP contribution in [-0.2, 0) is 10.2 Å². The highest BCUT2D eigenvalue weighted by Crippen LogP contribution is 2.55. The van der Waals surface area contributed by atoms with E-state index in [0.717, 1.165) is 23.3 Å². The smallest absolute Gasteiger partial charge is 0.244 e. The zero-order valence-electron chi connectivity index (χ0n) is 15.8. The van der Waals surface area contributed by atoms with Crippen LogP contribution in [0, 0.1) is 17.8 Å². The molecule has 2 nitrogen and oxygen atoms in total. The summed E-state index contributed by atoms with van der Waals surface area (Å²) in [6, 6.07) is 8.54. The molecule has 0 saturated heterocycles. The monoisotopic (exact) mass is 337 g/mol. The van der Waals surface area contributed by atoms with Gasteiger partial charge in [-0.15, -0.1) is 0 Å². The Morgan fingerprint density at radius 2 is 1.52 bits per heavy atom. The number of benzene rings is 1. The Kier molecular flexibility index (Phi) is 4.05. The van der Waals surface area contributed by atoms with Crippen LogP contribution in [0.3, 0.4) is 0 Å². The lowest BCUT2D eigenvalue weighted by atomic mass is 9.53. The Labute approximate surface area is 152 Å². The Bertz CT molecular complexity index is 642. The summed E-state index contributed by atoms with van der Waals surface area (Å²) >= 11 is 0. The van der Waals surface area contributed by atoms with E-state index in [0.29, 0.717) is 0 Å². The molecule has 4 bridgehead atoms. The number of rotatable bonds is 3. The van der Waals surface area contributed by atoms with Crippen molar-refractivity contribution in [2.45, 2.75) is 70.3 Å². The SMILES string of the molecule is CC(C)(C)c1ccc(C=CC(=O)NC23CC4CC(CC(C4)C2)C3)cc1. The molecule has 4 aliphatic carbocycles. The van der Waals surface area contributed by atoms with Crippen molar-refractivity contribution in [3.05, 3.63) is 41.5 Å². The molecular formula is C23H31NO. The fourth-order valence-corrected chi connectivity index (χ4v) is 5.83. The maximum Gasteiger partial charge on any atom is 0.244 e. The van der Waals surface area contributed by atoms with Crippen LogP contribution in [0.25, 0.3) is 6.08 Å². The molecule has 0 atom stereocenters. The minimum Gasteiger partial charge on any atom is -0.347 e. The fraction of sp³-hybridized carbons (Fsp3) is 0.609. The first kappa shape index (κ1) is 16.9. The van der Waals surface area contributed by atoms with E-state index in [1.54, 1.807) is 6.08 Å².